The van der Waals surface area contributed by atoms with Gasteiger partial charge in [0.15, 0.2) is 18.1 Å². The molecular formula is C25H31N3O3. The lowest BCUT2D eigenvalue weighted by Gasteiger charge is -2.24. The fourth-order valence-electron chi connectivity index (χ4n) is 4.32. The summed E-state index contributed by atoms with van der Waals surface area (Å²) in [5, 5.41) is 4.24. The summed E-state index contributed by atoms with van der Waals surface area (Å²) in [6.07, 6.45) is 2.98. The molecule has 0 radical (unpaired) electrons. The third-order valence-electron chi connectivity index (χ3n) is 5.82. The molecule has 2 heterocycles. The Balaban J connectivity index is 1.41. The quantitative estimate of drug-likeness (QED) is 0.632. The zero-order chi connectivity index (χ0) is 22.2. The number of ether oxygens (including phenoxy) is 2. The van der Waals surface area contributed by atoms with E-state index < -0.39 is 0 Å². The number of hydrogen-bond acceptors (Lipinski definition) is 4. The van der Waals surface area contributed by atoms with E-state index in [0.29, 0.717) is 12.3 Å². The minimum Gasteiger partial charge on any atom is -0.483 e. The predicted octanol–water partition coefficient (Wildman–Crippen LogP) is 3.69. The Labute approximate surface area is 183 Å². The molecule has 6 heteroatoms. The molecule has 1 aliphatic rings. The first-order valence-corrected chi connectivity index (χ1v) is 10.7. The standard InChI is InChI=1S/C25H31N3O3/c1-25(2)13-17-9-8-12-22(24(17)31-25)30-16-23(29)26-14-21(27(3)4)19-15-28(5)20-11-7-6-10-18(19)20/h6-12,15,21H,13-14,16H2,1-5H3,(H,26,29). The van der Waals surface area contributed by atoms with Crippen LogP contribution in [-0.2, 0) is 18.3 Å². The van der Waals surface area contributed by atoms with E-state index in [4.69, 9.17) is 9.47 Å². The molecule has 0 aliphatic carbocycles. The van der Waals surface area contributed by atoms with Crippen molar-refractivity contribution in [1.29, 1.82) is 0 Å². The van der Waals surface area contributed by atoms with Crippen LogP contribution in [0.2, 0.25) is 0 Å². The normalized spacial score (nSPS) is 15.5. The average molecular weight is 422 g/mol. The first kappa shape index (κ1) is 21.2. The van der Waals surface area contributed by atoms with Crippen molar-refractivity contribution in [2.45, 2.75) is 31.9 Å². The molecule has 0 saturated heterocycles. The number of aryl methyl sites for hydroxylation is 1. The molecule has 1 aromatic heterocycles. The first-order valence-electron chi connectivity index (χ1n) is 10.7. The topological polar surface area (TPSA) is 55.7 Å². The van der Waals surface area contributed by atoms with Gasteiger partial charge in [-0.15, -0.1) is 0 Å². The number of carbonyl (C=O) groups is 1. The Morgan fingerprint density at radius 2 is 2.00 bits per heavy atom. The minimum absolute atomic E-state index is 0.0457. The van der Waals surface area contributed by atoms with Crippen LogP contribution < -0.4 is 14.8 Å². The number of nitrogens with one attached hydrogen (secondary N) is 1. The number of fused-ring (bicyclic) bond motifs is 2. The first-order chi connectivity index (χ1) is 14.7. The molecule has 31 heavy (non-hydrogen) atoms. The Kier molecular flexibility index (Phi) is 5.67. The minimum atomic E-state index is -0.249. The molecule has 0 spiro atoms. The van der Waals surface area contributed by atoms with Gasteiger partial charge in [0.25, 0.3) is 5.91 Å². The smallest absolute Gasteiger partial charge is 0.258 e. The van der Waals surface area contributed by atoms with Crippen LogP contribution in [0.1, 0.15) is 31.0 Å². The van der Waals surface area contributed by atoms with Crippen molar-refractivity contribution >= 4 is 16.8 Å². The van der Waals surface area contributed by atoms with Crippen LogP contribution in [0, 0.1) is 0 Å². The monoisotopic (exact) mass is 421 g/mol. The van der Waals surface area contributed by atoms with Gasteiger partial charge in [-0.05, 0) is 45.6 Å². The molecule has 1 amide bonds. The van der Waals surface area contributed by atoms with Crippen LogP contribution in [0.15, 0.2) is 48.7 Å². The summed E-state index contributed by atoms with van der Waals surface area (Å²) in [7, 11) is 6.11. The number of amides is 1. The molecule has 2 aromatic carbocycles. The molecule has 4 rings (SSSR count). The maximum atomic E-state index is 12.6. The van der Waals surface area contributed by atoms with E-state index in [9.17, 15) is 4.79 Å². The Bertz CT molecular complexity index is 1100. The number of nitrogens with zero attached hydrogens (tertiary/aromatic N) is 2. The predicted molar refractivity (Wildman–Crippen MR) is 123 cm³/mol. The lowest BCUT2D eigenvalue weighted by Crippen LogP contribution is -2.36. The fraction of sp³-hybridized carbons (Fsp3) is 0.400. The van der Waals surface area contributed by atoms with E-state index in [2.05, 4.69) is 47.0 Å². The molecule has 164 valence electrons. The molecule has 1 unspecified atom stereocenters. The summed E-state index contributed by atoms with van der Waals surface area (Å²) < 4.78 is 14.0. The molecule has 6 nitrogen and oxygen atoms in total. The number of benzene rings is 2. The molecule has 3 aromatic rings. The van der Waals surface area contributed by atoms with Crippen LogP contribution in [-0.4, -0.2) is 48.2 Å². The van der Waals surface area contributed by atoms with E-state index >= 15 is 0 Å². The highest BCUT2D eigenvalue weighted by molar-refractivity contribution is 5.84. The summed E-state index contributed by atoms with van der Waals surface area (Å²) in [5.74, 6) is 1.22. The Hall–Kier alpha value is -2.99. The largest absolute Gasteiger partial charge is 0.483 e. The van der Waals surface area contributed by atoms with Gasteiger partial charge in [0, 0.05) is 42.7 Å². The second kappa shape index (κ2) is 8.27. The number of carbonyl (C=O) groups excluding carboxylic acids is 1. The van der Waals surface area contributed by atoms with E-state index in [1.807, 2.05) is 51.5 Å². The number of rotatable bonds is 7. The lowest BCUT2D eigenvalue weighted by molar-refractivity contribution is -0.123. The van der Waals surface area contributed by atoms with Gasteiger partial charge in [-0.25, -0.2) is 0 Å². The fourth-order valence-corrected chi connectivity index (χ4v) is 4.32. The highest BCUT2D eigenvalue weighted by Crippen LogP contribution is 2.41. The molecule has 1 N–H and O–H groups in total. The highest BCUT2D eigenvalue weighted by atomic mass is 16.5. The maximum absolute atomic E-state index is 12.6. The summed E-state index contributed by atoms with van der Waals surface area (Å²) >= 11 is 0. The summed E-state index contributed by atoms with van der Waals surface area (Å²) in [6, 6.07) is 14.2. The zero-order valence-electron chi connectivity index (χ0n) is 18.9. The summed E-state index contributed by atoms with van der Waals surface area (Å²) in [5.41, 5.74) is 3.24. The maximum Gasteiger partial charge on any atom is 0.258 e. The van der Waals surface area contributed by atoms with Gasteiger partial charge in [0.05, 0.1) is 6.04 Å². The van der Waals surface area contributed by atoms with Crippen molar-refractivity contribution in [2.24, 2.45) is 7.05 Å². The summed E-state index contributed by atoms with van der Waals surface area (Å²) in [6.45, 7) is 4.56. The number of para-hydroxylation sites is 2. The van der Waals surface area contributed by atoms with Crippen molar-refractivity contribution in [3.05, 3.63) is 59.8 Å². The lowest BCUT2D eigenvalue weighted by atomic mass is 10.0. The average Bonchev–Trinajstić information content (AvgIpc) is 3.22. The van der Waals surface area contributed by atoms with Crippen LogP contribution in [0.5, 0.6) is 11.5 Å². The number of hydrogen-bond donors (Lipinski definition) is 1. The van der Waals surface area contributed by atoms with Crippen molar-refractivity contribution in [3.8, 4) is 11.5 Å². The Morgan fingerprint density at radius 3 is 2.77 bits per heavy atom. The second-order valence-electron chi connectivity index (χ2n) is 9.07. The van der Waals surface area contributed by atoms with Crippen LogP contribution in [0.3, 0.4) is 0 Å². The second-order valence-corrected chi connectivity index (χ2v) is 9.07. The van der Waals surface area contributed by atoms with Crippen LogP contribution in [0.25, 0.3) is 10.9 Å². The van der Waals surface area contributed by atoms with Crippen LogP contribution >= 0.6 is 0 Å². The molecule has 0 fully saturated rings. The summed E-state index contributed by atoms with van der Waals surface area (Å²) in [4.78, 5) is 14.7. The Morgan fingerprint density at radius 1 is 1.23 bits per heavy atom. The van der Waals surface area contributed by atoms with Crippen LogP contribution in [0.4, 0.5) is 0 Å². The SMILES string of the molecule is CN(C)C(CNC(=O)COc1cccc2c1OC(C)(C)C2)c1cn(C)c2ccccc12. The van der Waals surface area contributed by atoms with E-state index in [1.165, 1.54) is 16.5 Å². The van der Waals surface area contributed by atoms with Crippen molar-refractivity contribution in [1.82, 2.24) is 14.8 Å². The number of likely N-dealkylation sites (N-methyl/N-ethyl adjacent to an activating group) is 1. The molecule has 0 saturated carbocycles. The molecule has 1 atom stereocenters. The van der Waals surface area contributed by atoms with Crippen molar-refractivity contribution in [3.63, 3.8) is 0 Å². The van der Waals surface area contributed by atoms with Crippen molar-refractivity contribution < 1.29 is 14.3 Å². The molecule has 1 aliphatic heterocycles. The van der Waals surface area contributed by atoms with Gasteiger partial charge in [-0.3, -0.25) is 4.79 Å². The van der Waals surface area contributed by atoms with Gasteiger partial charge in [-0.2, -0.15) is 0 Å². The van der Waals surface area contributed by atoms with Gasteiger partial charge in [0.1, 0.15) is 5.60 Å². The van der Waals surface area contributed by atoms with E-state index in [1.54, 1.807) is 0 Å². The zero-order valence-corrected chi connectivity index (χ0v) is 18.9. The van der Waals surface area contributed by atoms with Gasteiger partial charge in [0.2, 0.25) is 0 Å². The van der Waals surface area contributed by atoms with Gasteiger partial charge in [-0.1, -0.05) is 30.3 Å². The van der Waals surface area contributed by atoms with Gasteiger partial charge >= 0.3 is 0 Å². The number of aromatic nitrogens is 1. The molecule has 0 bridgehead atoms. The van der Waals surface area contributed by atoms with Gasteiger partial charge < -0.3 is 24.3 Å². The molecular weight excluding hydrogens is 390 g/mol. The van der Waals surface area contributed by atoms with E-state index in [-0.39, 0.29) is 24.2 Å². The third-order valence-corrected chi connectivity index (χ3v) is 5.82. The van der Waals surface area contributed by atoms with Crippen molar-refractivity contribution in [2.75, 3.05) is 27.2 Å². The van der Waals surface area contributed by atoms with E-state index in [0.717, 1.165) is 17.7 Å². The third kappa shape index (κ3) is 4.39. The highest BCUT2D eigenvalue weighted by Gasteiger charge is 2.32.